The van der Waals surface area contributed by atoms with E-state index in [1.54, 1.807) is 18.2 Å². The van der Waals surface area contributed by atoms with Crippen molar-refractivity contribution in [3.63, 3.8) is 0 Å². The molecule has 0 atom stereocenters. The second-order valence-corrected chi connectivity index (χ2v) is 4.68. The average Bonchev–Trinajstić information content (AvgIpc) is 3.07. The first-order valence-corrected chi connectivity index (χ1v) is 6.95. The summed E-state index contributed by atoms with van der Waals surface area (Å²) in [7, 11) is 0. The largest absolute Gasteiger partial charge is 0.451 e. The first-order chi connectivity index (χ1) is 11.5. The first kappa shape index (κ1) is 17.2. The summed E-state index contributed by atoms with van der Waals surface area (Å²) in [5.74, 6) is -0.730. The Morgan fingerprint density at radius 3 is 2.79 bits per heavy atom. The van der Waals surface area contributed by atoms with Gasteiger partial charge in [0, 0.05) is 12.6 Å². The number of nitrogens with one attached hydrogen (secondary N) is 2. The standard InChI is InChI=1S/C12H9N5O3.C2H7NO/c1-6-2-3-7-8(18)5-10(20-9(7)4-6)11(19)13-12-14-16-17-15-12;3-1-2-4/h2-5H,1H3,(H2,13,14,15,16,17,19);4H,1-3H2. The van der Waals surface area contributed by atoms with Crippen molar-refractivity contribution in [1.29, 1.82) is 0 Å². The van der Waals surface area contributed by atoms with Gasteiger partial charge >= 0.3 is 0 Å². The predicted octanol–water partition coefficient (Wildman–Crippen LogP) is -0.196. The summed E-state index contributed by atoms with van der Waals surface area (Å²) in [5.41, 5.74) is 5.77. The molecule has 0 unspecified atom stereocenters. The van der Waals surface area contributed by atoms with Gasteiger partial charge < -0.3 is 15.3 Å². The van der Waals surface area contributed by atoms with Crippen LogP contribution in [0.15, 0.2) is 33.5 Å². The number of aliphatic hydroxyl groups is 1. The lowest BCUT2D eigenvalue weighted by Gasteiger charge is -2.02. The van der Waals surface area contributed by atoms with Crippen molar-refractivity contribution in [3.05, 3.63) is 45.8 Å². The van der Waals surface area contributed by atoms with Crippen LogP contribution in [0.4, 0.5) is 5.95 Å². The number of carbonyl (C=O) groups excluding carboxylic acids is 1. The highest BCUT2D eigenvalue weighted by molar-refractivity contribution is 6.01. The minimum atomic E-state index is -0.619. The number of anilines is 1. The number of aliphatic hydroxyl groups excluding tert-OH is 1. The van der Waals surface area contributed by atoms with Crippen LogP contribution >= 0.6 is 0 Å². The monoisotopic (exact) mass is 332 g/mol. The molecule has 0 fully saturated rings. The Kier molecular flexibility index (Phi) is 5.71. The van der Waals surface area contributed by atoms with Gasteiger partial charge in [-0.1, -0.05) is 11.2 Å². The number of aromatic nitrogens is 4. The number of aryl methyl sites for hydroxylation is 1. The molecule has 0 saturated carbocycles. The molecule has 2 aromatic heterocycles. The van der Waals surface area contributed by atoms with Crippen molar-refractivity contribution in [2.75, 3.05) is 18.5 Å². The van der Waals surface area contributed by atoms with Gasteiger partial charge in [0.2, 0.25) is 0 Å². The second kappa shape index (κ2) is 7.94. The van der Waals surface area contributed by atoms with Crippen molar-refractivity contribution in [2.24, 2.45) is 5.73 Å². The fraction of sp³-hybridized carbons (Fsp3) is 0.214. The van der Waals surface area contributed by atoms with Crippen LogP contribution in [0, 0.1) is 6.92 Å². The number of H-pyrrole nitrogens is 1. The molecule has 0 spiro atoms. The summed E-state index contributed by atoms with van der Waals surface area (Å²) in [5, 5.41) is 23.2. The molecule has 2 heterocycles. The summed E-state index contributed by atoms with van der Waals surface area (Å²) in [4.78, 5) is 23.9. The Morgan fingerprint density at radius 1 is 1.42 bits per heavy atom. The minimum Gasteiger partial charge on any atom is -0.451 e. The Hall–Kier alpha value is -3.11. The minimum absolute atomic E-state index is 0.00184. The van der Waals surface area contributed by atoms with Crippen LogP contribution in [0.2, 0.25) is 0 Å². The summed E-state index contributed by atoms with van der Waals surface area (Å²) in [6.45, 7) is 2.34. The molecule has 24 heavy (non-hydrogen) atoms. The molecule has 1 amide bonds. The highest BCUT2D eigenvalue weighted by atomic mass is 16.3. The number of hydrogen-bond acceptors (Lipinski definition) is 8. The number of fused-ring (bicyclic) bond motifs is 1. The van der Waals surface area contributed by atoms with Crippen molar-refractivity contribution in [2.45, 2.75) is 6.92 Å². The van der Waals surface area contributed by atoms with Gasteiger partial charge in [-0.25, -0.2) is 0 Å². The van der Waals surface area contributed by atoms with Crippen LogP contribution in [0.3, 0.4) is 0 Å². The lowest BCUT2D eigenvalue weighted by molar-refractivity contribution is 0.0996. The van der Waals surface area contributed by atoms with Gasteiger partial charge in [0.1, 0.15) is 5.58 Å². The van der Waals surface area contributed by atoms with Gasteiger partial charge in [0.15, 0.2) is 11.2 Å². The van der Waals surface area contributed by atoms with E-state index in [2.05, 4.69) is 25.9 Å². The molecule has 3 aromatic rings. The number of carbonyl (C=O) groups is 1. The topological polar surface area (TPSA) is 160 Å². The van der Waals surface area contributed by atoms with E-state index in [9.17, 15) is 9.59 Å². The maximum atomic E-state index is 11.9. The fourth-order valence-corrected chi connectivity index (χ4v) is 1.75. The van der Waals surface area contributed by atoms with E-state index in [1.165, 1.54) is 0 Å². The van der Waals surface area contributed by atoms with Crippen LogP contribution in [0.25, 0.3) is 11.0 Å². The molecular weight excluding hydrogens is 316 g/mol. The third kappa shape index (κ3) is 4.21. The number of nitrogens with two attached hydrogens (primary N) is 1. The highest BCUT2D eigenvalue weighted by Crippen LogP contribution is 2.14. The maximum absolute atomic E-state index is 11.9. The average molecular weight is 332 g/mol. The van der Waals surface area contributed by atoms with Gasteiger partial charge in [-0.05, 0) is 29.8 Å². The summed E-state index contributed by atoms with van der Waals surface area (Å²) >= 11 is 0. The summed E-state index contributed by atoms with van der Waals surface area (Å²) in [6, 6.07) is 6.30. The van der Waals surface area contributed by atoms with Crippen molar-refractivity contribution >= 4 is 22.8 Å². The second-order valence-electron chi connectivity index (χ2n) is 4.68. The Bertz CT molecular complexity index is 873. The summed E-state index contributed by atoms with van der Waals surface area (Å²) < 4.78 is 5.44. The van der Waals surface area contributed by atoms with E-state index in [0.717, 1.165) is 11.6 Å². The molecule has 10 heteroatoms. The van der Waals surface area contributed by atoms with E-state index in [-0.39, 0.29) is 23.7 Å². The predicted molar refractivity (Wildman–Crippen MR) is 85.5 cm³/mol. The molecule has 0 aliphatic carbocycles. The Balaban J connectivity index is 0.000000471. The van der Waals surface area contributed by atoms with Crippen molar-refractivity contribution < 1.29 is 14.3 Å². The maximum Gasteiger partial charge on any atom is 0.293 e. The third-order valence-corrected chi connectivity index (χ3v) is 2.81. The van der Waals surface area contributed by atoms with Gasteiger partial charge in [-0.15, -0.1) is 5.10 Å². The van der Waals surface area contributed by atoms with Crippen molar-refractivity contribution in [3.8, 4) is 0 Å². The first-order valence-electron chi connectivity index (χ1n) is 6.95. The van der Waals surface area contributed by atoms with Gasteiger partial charge in [0.25, 0.3) is 11.9 Å². The van der Waals surface area contributed by atoms with E-state index >= 15 is 0 Å². The van der Waals surface area contributed by atoms with Crippen LogP contribution < -0.4 is 16.5 Å². The molecular formula is C14H16N6O4. The van der Waals surface area contributed by atoms with E-state index in [0.29, 0.717) is 17.5 Å². The van der Waals surface area contributed by atoms with Crippen LogP contribution in [0.1, 0.15) is 16.1 Å². The molecule has 0 aliphatic heterocycles. The zero-order chi connectivity index (χ0) is 17.5. The van der Waals surface area contributed by atoms with Crippen molar-refractivity contribution in [1.82, 2.24) is 20.6 Å². The zero-order valence-electron chi connectivity index (χ0n) is 12.8. The lowest BCUT2D eigenvalue weighted by Crippen LogP contribution is -2.15. The highest BCUT2D eigenvalue weighted by Gasteiger charge is 2.14. The fourth-order valence-electron chi connectivity index (χ4n) is 1.75. The van der Waals surface area contributed by atoms with Crippen LogP contribution in [-0.4, -0.2) is 44.8 Å². The van der Waals surface area contributed by atoms with Gasteiger partial charge in [0.05, 0.1) is 12.0 Å². The number of benzene rings is 1. The van der Waals surface area contributed by atoms with Gasteiger partial charge in [-0.3, -0.25) is 14.9 Å². The number of aromatic amines is 1. The molecule has 0 aliphatic rings. The number of rotatable bonds is 3. The van der Waals surface area contributed by atoms with E-state index in [1.807, 2.05) is 6.92 Å². The van der Waals surface area contributed by atoms with Crippen LogP contribution in [-0.2, 0) is 0 Å². The van der Waals surface area contributed by atoms with E-state index in [4.69, 9.17) is 15.3 Å². The molecule has 5 N–H and O–H groups in total. The number of hydrogen-bond donors (Lipinski definition) is 4. The molecule has 3 rings (SSSR count). The normalized spacial score (nSPS) is 10.1. The van der Waals surface area contributed by atoms with E-state index < -0.39 is 5.91 Å². The third-order valence-electron chi connectivity index (χ3n) is 2.81. The number of tetrazole rings is 1. The van der Waals surface area contributed by atoms with Crippen LogP contribution in [0.5, 0.6) is 0 Å². The quantitative estimate of drug-likeness (QED) is 0.513. The Morgan fingerprint density at radius 2 is 2.17 bits per heavy atom. The SMILES string of the molecule is Cc1ccc2c(=O)cc(C(=O)Nc3nn[nH]n3)oc2c1.NCCO. The van der Waals surface area contributed by atoms with Gasteiger partial charge in [-0.2, -0.15) is 5.21 Å². The molecule has 1 aromatic carbocycles. The molecule has 0 bridgehead atoms. The molecule has 10 nitrogen and oxygen atoms in total. The zero-order valence-corrected chi connectivity index (χ0v) is 12.8. The molecule has 0 saturated heterocycles. The molecule has 126 valence electrons. The Labute approximate surface area is 135 Å². The lowest BCUT2D eigenvalue weighted by atomic mass is 10.1. The number of nitrogens with zero attached hydrogens (tertiary/aromatic N) is 3. The number of amides is 1. The molecule has 0 radical (unpaired) electrons. The summed E-state index contributed by atoms with van der Waals surface area (Å²) in [6.07, 6.45) is 0. The smallest absolute Gasteiger partial charge is 0.293 e.